The Morgan fingerprint density at radius 2 is 1.78 bits per heavy atom. The summed E-state index contributed by atoms with van der Waals surface area (Å²) in [5, 5.41) is 2.74. The summed E-state index contributed by atoms with van der Waals surface area (Å²) >= 11 is 0. The van der Waals surface area contributed by atoms with Gasteiger partial charge in [-0.1, -0.05) is 0 Å². The van der Waals surface area contributed by atoms with Crippen LogP contribution < -0.4 is 10.1 Å². The van der Waals surface area contributed by atoms with E-state index in [2.05, 4.69) is 15.0 Å². The Kier molecular flexibility index (Phi) is 7.27. The fourth-order valence-corrected chi connectivity index (χ4v) is 5.56. The number of pyridine rings is 1. The van der Waals surface area contributed by atoms with Crippen molar-refractivity contribution in [2.75, 3.05) is 6.54 Å². The van der Waals surface area contributed by atoms with E-state index in [0.29, 0.717) is 29.7 Å². The standard InChI is InChI=1S/C24H21F4N3O4S/c25-18-5-9-20(10-6-18)36(33,34)31-13-1-2-22(31)23(32)30-15-16-11-12-29-21(14-16)17-3-7-19(8-4-17)35-24(26,27)28/h3-12,14,22H,1-2,13,15H2,(H,30,32). The zero-order valence-corrected chi connectivity index (χ0v) is 19.5. The molecule has 1 saturated heterocycles. The summed E-state index contributed by atoms with van der Waals surface area (Å²) in [7, 11) is -3.98. The van der Waals surface area contributed by atoms with E-state index in [-0.39, 0.29) is 23.7 Å². The molecule has 1 unspecified atom stereocenters. The van der Waals surface area contributed by atoms with Gasteiger partial charge in [0.15, 0.2) is 0 Å². The number of rotatable bonds is 7. The lowest BCUT2D eigenvalue weighted by atomic mass is 10.1. The van der Waals surface area contributed by atoms with Gasteiger partial charge in [0.2, 0.25) is 15.9 Å². The number of nitrogens with zero attached hydrogens (tertiary/aromatic N) is 2. The van der Waals surface area contributed by atoms with Gasteiger partial charge in [0.25, 0.3) is 0 Å². The Morgan fingerprint density at radius 1 is 1.08 bits per heavy atom. The fourth-order valence-electron chi connectivity index (χ4n) is 3.91. The molecule has 3 aromatic rings. The summed E-state index contributed by atoms with van der Waals surface area (Å²) in [6.45, 7) is 0.260. The first-order chi connectivity index (χ1) is 17.0. The number of sulfonamides is 1. The number of halogens is 4. The van der Waals surface area contributed by atoms with Crippen LogP contribution in [0.3, 0.4) is 0 Å². The van der Waals surface area contributed by atoms with Gasteiger partial charge in [-0.3, -0.25) is 9.78 Å². The lowest BCUT2D eigenvalue weighted by molar-refractivity contribution is -0.274. The van der Waals surface area contributed by atoms with Crippen LogP contribution in [0.1, 0.15) is 18.4 Å². The maximum absolute atomic E-state index is 13.2. The van der Waals surface area contributed by atoms with E-state index in [1.165, 1.54) is 30.5 Å². The van der Waals surface area contributed by atoms with Gasteiger partial charge >= 0.3 is 6.36 Å². The maximum atomic E-state index is 13.2. The van der Waals surface area contributed by atoms with Crippen LogP contribution in [0, 0.1) is 5.82 Å². The van der Waals surface area contributed by atoms with E-state index < -0.39 is 34.2 Å². The van der Waals surface area contributed by atoms with Gasteiger partial charge in [-0.15, -0.1) is 13.2 Å². The molecule has 0 aliphatic carbocycles. The number of aromatic nitrogens is 1. The second-order valence-electron chi connectivity index (χ2n) is 8.07. The molecule has 2 aromatic carbocycles. The molecule has 0 spiro atoms. The van der Waals surface area contributed by atoms with Gasteiger partial charge in [0.1, 0.15) is 17.6 Å². The zero-order chi connectivity index (χ0) is 25.9. The van der Waals surface area contributed by atoms with Crippen LogP contribution in [-0.4, -0.2) is 42.6 Å². The summed E-state index contributed by atoms with van der Waals surface area (Å²) in [5.74, 6) is -1.39. The Balaban J connectivity index is 1.42. The van der Waals surface area contributed by atoms with Crippen molar-refractivity contribution >= 4 is 15.9 Å². The maximum Gasteiger partial charge on any atom is 0.573 e. The lowest BCUT2D eigenvalue weighted by Crippen LogP contribution is -2.45. The number of carbonyl (C=O) groups excluding carboxylic acids is 1. The Morgan fingerprint density at radius 3 is 2.44 bits per heavy atom. The molecule has 190 valence electrons. The fraction of sp³-hybridized carbons (Fsp3) is 0.250. The van der Waals surface area contributed by atoms with E-state index in [0.717, 1.165) is 28.6 Å². The highest BCUT2D eigenvalue weighted by molar-refractivity contribution is 7.89. The predicted molar refractivity (Wildman–Crippen MR) is 122 cm³/mol. The minimum Gasteiger partial charge on any atom is -0.406 e. The molecular formula is C24H21F4N3O4S. The summed E-state index contributed by atoms with van der Waals surface area (Å²) < 4.78 is 81.2. The third kappa shape index (κ3) is 6.00. The number of amides is 1. The average Bonchev–Trinajstić information content (AvgIpc) is 3.34. The lowest BCUT2D eigenvalue weighted by Gasteiger charge is -2.23. The molecule has 1 atom stereocenters. The van der Waals surface area contributed by atoms with Crippen LogP contribution in [0.25, 0.3) is 11.3 Å². The highest BCUT2D eigenvalue weighted by atomic mass is 32.2. The van der Waals surface area contributed by atoms with Crippen molar-refractivity contribution in [1.29, 1.82) is 0 Å². The topological polar surface area (TPSA) is 88.6 Å². The van der Waals surface area contributed by atoms with Gasteiger partial charge in [0, 0.05) is 24.8 Å². The molecule has 1 aromatic heterocycles. The number of ether oxygens (including phenoxy) is 1. The van der Waals surface area contributed by atoms with Crippen molar-refractivity contribution in [2.45, 2.75) is 36.7 Å². The second kappa shape index (κ2) is 10.2. The molecule has 1 aliphatic rings. The van der Waals surface area contributed by atoms with Crippen molar-refractivity contribution in [3.63, 3.8) is 0 Å². The van der Waals surface area contributed by atoms with Gasteiger partial charge in [-0.25, -0.2) is 12.8 Å². The highest BCUT2D eigenvalue weighted by Gasteiger charge is 2.39. The Bertz CT molecular complexity index is 1330. The quantitative estimate of drug-likeness (QED) is 0.468. The highest BCUT2D eigenvalue weighted by Crippen LogP contribution is 2.28. The second-order valence-corrected chi connectivity index (χ2v) is 9.96. The molecule has 1 aliphatic heterocycles. The van der Waals surface area contributed by atoms with Crippen LogP contribution in [0.5, 0.6) is 5.75 Å². The van der Waals surface area contributed by atoms with Gasteiger partial charge in [-0.05, 0) is 79.1 Å². The zero-order valence-electron chi connectivity index (χ0n) is 18.7. The number of alkyl halides is 3. The van der Waals surface area contributed by atoms with Gasteiger partial charge in [-0.2, -0.15) is 4.31 Å². The number of hydrogen-bond donors (Lipinski definition) is 1. The SMILES string of the molecule is O=C(NCc1ccnc(-c2ccc(OC(F)(F)F)cc2)c1)C1CCCN1S(=O)(=O)c1ccc(F)cc1. The molecule has 2 heterocycles. The first kappa shape index (κ1) is 25.6. The van der Waals surface area contributed by atoms with Crippen molar-refractivity contribution in [3.05, 3.63) is 78.2 Å². The number of carbonyl (C=O) groups is 1. The van der Waals surface area contributed by atoms with Crippen LogP contribution in [0.4, 0.5) is 17.6 Å². The molecular weight excluding hydrogens is 502 g/mol. The predicted octanol–water partition coefficient (Wildman–Crippen LogP) is 4.26. The number of benzene rings is 2. The molecule has 36 heavy (non-hydrogen) atoms. The molecule has 4 rings (SSSR count). The van der Waals surface area contributed by atoms with E-state index >= 15 is 0 Å². The summed E-state index contributed by atoms with van der Waals surface area (Å²) in [4.78, 5) is 17.0. The van der Waals surface area contributed by atoms with Crippen molar-refractivity contribution in [2.24, 2.45) is 0 Å². The minimum absolute atomic E-state index is 0.0879. The first-order valence-electron chi connectivity index (χ1n) is 10.9. The number of hydrogen-bond acceptors (Lipinski definition) is 5. The van der Waals surface area contributed by atoms with Crippen LogP contribution >= 0.6 is 0 Å². The third-order valence-electron chi connectivity index (χ3n) is 5.60. The summed E-state index contributed by atoms with van der Waals surface area (Å²) in [6.07, 6.45) is -2.44. The van der Waals surface area contributed by atoms with E-state index in [4.69, 9.17) is 0 Å². The van der Waals surface area contributed by atoms with E-state index in [1.807, 2.05) is 0 Å². The first-order valence-corrected chi connectivity index (χ1v) is 12.3. The third-order valence-corrected chi connectivity index (χ3v) is 7.52. The Hall–Kier alpha value is -3.51. The van der Waals surface area contributed by atoms with E-state index in [9.17, 15) is 30.8 Å². The normalized spacial score (nSPS) is 16.6. The van der Waals surface area contributed by atoms with Gasteiger partial charge < -0.3 is 10.1 Å². The summed E-state index contributed by atoms with van der Waals surface area (Å²) in [6, 6.07) is 12.1. The largest absolute Gasteiger partial charge is 0.573 e. The van der Waals surface area contributed by atoms with Crippen molar-refractivity contribution in [1.82, 2.24) is 14.6 Å². The molecule has 7 nitrogen and oxygen atoms in total. The minimum atomic E-state index is -4.79. The molecule has 0 radical (unpaired) electrons. The smallest absolute Gasteiger partial charge is 0.406 e. The van der Waals surface area contributed by atoms with Gasteiger partial charge in [0.05, 0.1) is 10.6 Å². The van der Waals surface area contributed by atoms with E-state index in [1.54, 1.807) is 12.1 Å². The monoisotopic (exact) mass is 523 g/mol. The summed E-state index contributed by atoms with van der Waals surface area (Å²) in [5.41, 5.74) is 1.68. The van der Waals surface area contributed by atoms with Crippen molar-refractivity contribution in [3.8, 4) is 17.0 Å². The molecule has 1 N–H and O–H groups in total. The van der Waals surface area contributed by atoms with Crippen LogP contribution in [0.15, 0.2) is 71.8 Å². The molecule has 12 heteroatoms. The van der Waals surface area contributed by atoms with Crippen LogP contribution in [-0.2, 0) is 21.4 Å². The molecule has 1 fully saturated rings. The molecule has 1 amide bonds. The molecule has 0 saturated carbocycles. The number of nitrogens with one attached hydrogen (secondary N) is 1. The van der Waals surface area contributed by atoms with Crippen molar-refractivity contribution < 1.29 is 35.5 Å². The average molecular weight is 524 g/mol. The Labute approximate surface area is 204 Å². The molecule has 0 bridgehead atoms. The van der Waals surface area contributed by atoms with Crippen LogP contribution in [0.2, 0.25) is 0 Å².